The van der Waals surface area contributed by atoms with Gasteiger partial charge in [0.05, 0.1) is 4.92 Å². The van der Waals surface area contributed by atoms with Crippen molar-refractivity contribution in [1.82, 2.24) is 14.8 Å². The van der Waals surface area contributed by atoms with Gasteiger partial charge in [-0.1, -0.05) is 17.7 Å². The molecule has 1 aromatic rings. The molecule has 0 radical (unpaired) electrons. The molecule has 0 bridgehead atoms. The van der Waals surface area contributed by atoms with Gasteiger partial charge in [-0.2, -0.15) is 0 Å². The summed E-state index contributed by atoms with van der Waals surface area (Å²) in [7, 11) is 3.55. The lowest BCUT2D eigenvalue weighted by Gasteiger charge is -2.28. The fourth-order valence-electron chi connectivity index (χ4n) is 1.65. The van der Waals surface area contributed by atoms with Gasteiger partial charge in [-0.05, 0) is 18.6 Å². The molecule has 1 aromatic heterocycles. The SMILES string of the molecule is CCN(Cc1ccc(Cl)nc1)/C(=C\[N+](=O)[O-])N(C)C. The van der Waals surface area contributed by atoms with E-state index in [9.17, 15) is 10.1 Å². The second kappa shape index (κ2) is 6.94. The summed E-state index contributed by atoms with van der Waals surface area (Å²) >= 11 is 5.73. The quantitative estimate of drug-likeness (QED) is 0.455. The van der Waals surface area contributed by atoms with E-state index in [4.69, 9.17) is 11.6 Å². The maximum Gasteiger partial charge on any atom is 0.274 e. The van der Waals surface area contributed by atoms with Crippen LogP contribution in [0.4, 0.5) is 0 Å². The largest absolute Gasteiger partial charge is 0.359 e. The molecule has 0 atom stereocenters. The minimum absolute atomic E-state index is 0.431. The van der Waals surface area contributed by atoms with Crippen LogP contribution >= 0.6 is 11.6 Å². The van der Waals surface area contributed by atoms with Crippen molar-refractivity contribution >= 4 is 11.6 Å². The van der Waals surface area contributed by atoms with Crippen LogP contribution in [0.5, 0.6) is 0 Å². The minimum atomic E-state index is -0.446. The van der Waals surface area contributed by atoms with Gasteiger partial charge in [0, 0.05) is 33.4 Å². The van der Waals surface area contributed by atoms with Crippen molar-refractivity contribution in [2.75, 3.05) is 20.6 Å². The molecule has 6 nitrogen and oxygen atoms in total. The summed E-state index contributed by atoms with van der Waals surface area (Å²) in [6, 6.07) is 3.56. The number of pyridine rings is 1. The Hall–Kier alpha value is -1.82. The third-order valence-corrected chi connectivity index (χ3v) is 2.77. The van der Waals surface area contributed by atoms with Crippen molar-refractivity contribution in [1.29, 1.82) is 0 Å². The molecule has 1 rings (SSSR count). The van der Waals surface area contributed by atoms with E-state index in [1.54, 1.807) is 31.3 Å². The van der Waals surface area contributed by atoms with Gasteiger partial charge < -0.3 is 9.80 Å². The van der Waals surface area contributed by atoms with Crippen LogP contribution in [-0.2, 0) is 6.54 Å². The summed E-state index contributed by atoms with van der Waals surface area (Å²) in [4.78, 5) is 17.8. The lowest BCUT2D eigenvalue weighted by atomic mass is 10.2. The summed E-state index contributed by atoms with van der Waals surface area (Å²) < 4.78 is 0. The highest BCUT2D eigenvalue weighted by Crippen LogP contribution is 2.13. The first-order valence-electron chi connectivity index (χ1n) is 5.82. The van der Waals surface area contributed by atoms with Crippen molar-refractivity contribution in [2.45, 2.75) is 13.5 Å². The molecule has 19 heavy (non-hydrogen) atoms. The lowest BCUT2D eigenvalue weighted by molar-refractivity contribution is -0.405. The maximum absolute atomic E-state index is 10.7. The predicted octanol–water partition coefficient (Wildman–Crippen LogP) is 2.19. The van der Waals surface area contributed by atoms with Crippen LogP contribution in [0, 0.1) is 10.1 Å². The van der Waals surface area contributed by atoms with E-state index < -0.39 is 4.92 Å². The third kappa shape index (κ3) is 4.75. The van der Waals surface area contributed by atoms with Crippen LogP contribution in [0.2, 0.25) is 5.15 Å². The first-order chi connectivity index (χ1) is 8.93. The monoisotopic (exact) mass is 284 g/mol. The second-order valence-electron chi connectivity index (χ2n) is 4.17. The molecule has 0 unspecified atom stereocenters. The number of nitrogens with zero attached hydrogens (tertiary/aromatic N) is 4. The number of hydrogen-bond donors (Lipinski definition) is 0. The Bertz CT molecular complexity index is 459. The Kier molecular flexibility index (Phi) is 5.57. The van der Waals surface area contributed by atoms with Gasteiger partial charge in [0.15, 0.2) is 5.82 Å². The molecule has 0 fully saturated rings. The highest BCUT2D eigenvalue weighted by atomic mass is 35.5. The molecular weight excluding hydrogens is 268 g/mol. The number of aromatic nitrogens is 1. The Morgan fingerprint density at radius 2 is 2.21 bits per heavy atom. The molecule has 0 spiro atoms. The smallest absolute Gasteiger partial charge is 0.274 e. The standard InChI is InChI=1S/C12H17ClN4O2/c1-4-16(12(15(2)3)9-17(18)19)8-10-5-6-11(13)14-7-10/h5-7,9H,4,8H2,1-3H3/b12-9-. The summed E-state index contributed by atoms with van der Waals surface area (Å²) in [6.45, 7) is 3.14. The van der Waals surface area contributed by atoms with Crippen molar-refractivity contribution in [3.05, 3.63) is 51.2 Å². The van der Waals surface area contributed by atoms with E-state index in [1.807, 2.05) is 17.9 Å². The van der Waals surface area contributed by atoms with Crippen molar-refractivity contribution in [3.8, 4) is 0 Å². The molecular formula is C12H17ClN4O2. The molecule has 0 aliphatic rings. The van der Waals surface area contributed by atoms with Gasteiger partial charge in [-0.25, -0.2) is 4.98 Å². The Labute approximate surface area is 117 Å². The molecule has 0 N–H and O–H groups in total. The van der Waals surface area contributed by atoms with E-state index in [1.165, 1.54) is 0 Å². The molecule has 1 heterocycles. The topological polar surface area (TPSA) is 62.5 Å². The van der Waals surface area contributed by atoms with Gasteiger partial charge >= 0.3 is 0 Å². The van der Waals surface area contributed by atoms with Gasteiger partial charge in [0.1, 0.15) is 5.15 Å². The van der Waals surface area contributed by atoms with Crippen molar-refractivity contribution < 1.29 is 4.92 Å². The molecule has 104 valence electrons. The predicted molar refractivity (Wildman–Crippen MR) is 74.1 cm³/mol. The van der Waals surface area contributed by atoms with Crippen LogP contribution < -0.4 is 0 Å². The fourth-order valence-corrected chi connectivity index (χ4v) is 1.76. The number of halogens is 1. The van der Waals surface area contributed by atoms with Gasteiger partial charge in [-0.3, -0.25) is 10.1 Å². The lowest BCUT2D eigenvalue weighted by Crippen LogP contribution is -2.31. The van der Waals surface area contributed by atoms with Crippen LogP contribution in [0.15, 0.2) is 30.4 Å². The minimum Gasteiger partial charge on any atom is -0.359 e. The molecule has 0 aliphatic heterocycles. The zero-order valence-electron chi connectivity index (χ0n) is 11.2. The normalized spacial score (nSPS) is 11.3. The van der Waals surface area contributed by atoms with Crippen LogP contribution in [0.3, 0.4) is 0 Å². The third-order valence-electron chi connectivity index (χ3n) is 2.55. The molecule has 0 saturated carbocycles. The Morgan fingerprint density at radius 1 is 1.53 bits per heavy atom. The first-order valence-corrected chi connectivity index (χ1v) is 6.19. The number of rotatable bonds is 6. The summed E-state index contributed by atoms with van der Waals surface area (Å²) in [5, 5.41) is 11.1. The average molecular weight is 285 g/mol. The Morgan fingerprint density at radius 3 is 2.63 bits per heavy atom. The molecule has 0 aromatic carbocycles. The average Bonchev–Trinajstić information content (AvgIpc) is 2.35. The van der Waals surface area contributed by atoms with Crippen LogP contribution in [0.1, 0.15) is 12.5 Å². The summed E-state index contributed by atoms with van der Waals surface area (Å²) in [5.41, 5.74) is 0.947. The Balaban J connectivity index is 2.92. The second-order valence-corrected chi connectivity index (χ2v) is 4.56. The van der Waals surface area contributed by atoms with E-state index in [0.717, 1.165) is 11.8 Å². The number of nitro groups is 1. The molecule has 7 heteroatoms. The van der Waals surface area contributed by atoms with Gasteiger partial charge in [0.25, 0.3) is 6.20 Å². The van der Waals surface area contributed by atoms with Gasteiger partial charge in [-0.15, -0.1) is 0 Å². The van der Waals surface area contributed by atoms with E-state index in [2.05, 4.69) is 4.98 Å². The van der Waals surface area contributed by atoms with E-state index in [0.29, 0.717) is 24.1 Å². The van der Waals surface area contributed by atoms with Gasteiger partial charge in [0.2, 0.25) is 0 Å². The highest BCUT2D eigenvalue weighted by Gasteiger charge is 2.14. The van der Waals surface area contributed by atoms with E-state index >= 15 is 0 Å². The van der Waals surface area contributed by atoms with Crippen molar-refractivity contribution in [3.63, 3.8) is 0 Å². The molecule has 0 aliphatic carbocycles. The van der Waals surface area contributed by atoms with Crippen LogP contribution in [-0.4, -0.2) is 40.3 Å². The van der Waals surface area contributed by atoms with Crippen LogP contribution in [0.25, 0.3) is 0 Å². The highest BCUT2D eigenvalue weighted by molar-refractivity contribution is 6.29. The maximum atomic E-state index is 10.7. The molecule has 0 amide bonds. The fraction of sp³-hybridized carbons (Fsp3) is 0.417. The molecule has 0 saturated heterocycles. The summed E-state index contributed by atoms with van der Waals surface area (Å²) in [6.07, 6.45) is 2.68. The summed E-state index contributed by atoms with van der Waals surface area (Å²) in [5.74, 6) is 0.544. The zero-order chi connectivity index (χ0) is 14.4. The number of hydrogen-bond acceptors (Lipinski definition) is 5. The first kappa shape index (κ1) is 15.2. The van der Waals surface area contributed by atoms with E-state index in [-0.39, 0.29) is 0 Å². The van der Waals surface area contributed by atoms with Crippen molar-refractivity contribution in [2.24, 2.45) is 0 Å². The zero-order valence-corrected chi connectivity index (χ0v) is 12.0.